The van der Waals surface area contributed by atoms with Gasteiger partial charge in [-0.2, -0.15) is 0 Å². The third-order valence-corrected chi connectivity index (χ3v) is 3.19. The minimum Gasteiger partial charge on any atom is -0.508 e. The van der Waals surface area contributed by atoms with Gasteiger partial charge in [-0.25, -0.2) is 0 Å². The highest BCUT2D eigenvalue weighted by Gasteiger charge is 2.07. The maximum Gasteiger partial charge on any atom is 0.115 e. The van der Waals surface area contributed by atoms with E-state index in [2.05, 4.69) is 32.0 Å². The van der Waals surface area contributed by atoms with Gasteiger partial charge in [0.15, 0.2) is 0 Å². The van der Waals surface area contributed by atoms with Crippen LogP contribution in [-0.2, 0) is 12.8 Å². The molecule has 100 valence electrons. The Kier molecular flexibility index (Phi) is 4.23. The van der Waals surface area contributed by atoms with Crippen molar-refractivity contribution in [2.75, 3.05) is 0 Å². The Morgan fingerprint density at radius 2 is 1.58 bits per heavy atom. The van der Waals surface area contributed by atoms with Crippen LogP contribution < -0.4 is 5.73 Å². The lowest BCUT2D eigenvalue weighted by Gasteiger charge is -2.13. The fraction of sp³-hybridized carbons (Fsp3) is 0.294. The van der Waals surface area contributed by atoms with Crippen molar-refractivity contribution < 1.29 is 5.11 Å². The number of nitrogens with two attached hydrogens (primary N) is 1. The van der Waals surface area contributed by atoms with Crippen LogP contribution in [0.25, 0.3) is 0 Å². The number of hydrogen-bond acceptors (Lipinski definition) is 2. The molecule has 2 rings (SSSR count). The van der Waals surface area contributed by atoms with Gasteiger partial charge in [-0.15, -0.1) is 0 Å². The van der Waals surface area contributed by atoms with Crippen LogP contribution >= 0.6 is 0 Å². The van der Waals surface area contributed by atoms with Crippen molar-refractivity contribution in [2.24, 2.45) is 5.73 Å². The van der Waals surface area contributed by atoms with Crippen LogP contribution in [-0.4, -0.2) is 11.1 Å². The van der Waals surface area contributed by atoms with Crippen molar-refractivity contribution in [1.29, 1.82) is 0 Å². The minimum atomic E-state index is 0.0722. The van der Waals surface area contributed by atoms with Gasteiger partial charge in [-0.1, -0.05) is 41.5 Å². The van der Waals surface area contributed by atoms with Gasteiger partial charge in [0.1, 0.15) is 5.75 Å². The van der Waals surface area contributed by atoms with Gasteiger partial charge in [-0.3, -0.25) is 0 Å². The summed E-state index contributed by atoms with van der Waals surface area (Å²) in [6.45, 7) is 4.22. The Morgan fingerprint density at radius 3 is 2.21 bits per heavy atom. The molecule has 0 spiro atoms. The highest BCUT2D eigenvalue weighted by atomic mass is 16.3. The van der Waals surface area contributed by atoms with Crippen LogP contribution in [0.3, 0.4) is 0 Å². The summed E-state index contributed by atoms with van der Waals surface area (Å²) in [7, 11) is 0. The molecule has 1 unspecified atom stereocenters. The number of rotatable bonds is 4. The van der Waals surface area contributed by atoms with Crippen molar-refractivity contribution in [2.45, 2.75) is 32.7 Å². The van der Waals surface area contributed by atoms with Crippen LogP contribution in [0, 0.1) is 13.8 Å². The van der Waals surface area contributed by atoms with E-state index in [1.54, 1.807) is 12.1 Å². The van der Waals surface area contributed by atoms with Crippen LogP contribution in [0.5, 0.6) is 5.75 Å². The minimum absolute atomic E-state index is 0.0722. The molecular weight excluding hydrogens is 234 g/mol. The largest absolute Gasteiger partial charge is 0.508 e. The maximum atomic E-state index is 9.45. The van der Waals surface area contributed by atoms with E-state index in [0.29, 0.717) is 5.75 Å². The predicted octanol–water partition coefficient (Wildman–Crippen LogP) is 3.12. The lowest BCUT2D eigenvalue weighted by molar-refractivity contribution is 0.474. The van der Waals surface area contributed by atoms with Crippen LogP contribution in [0.4, 0.5) is 0 Å². The highest BCUT2D eigenvalue weighted by Crippen LogP contribution is 2.15. The number of aryl methyl sites for hydroxylation is 2. The molecule has 0 saturated heterocycles. The second-order valence-corrected chi connectivity index (χ2v) is 5.33. The first-order valence-corrected chi connectivity index (χ1v) is 6.63. The van der Waals surface area contributed by atoms with Gasteiger partial charge in [0.25, 0.3) is 0 Å². The highest BCUT2D eigenvalue weighted by molar-refractivity contribution is 5.30. The Labute approximate surface area is 114 Å². The fourth-order valence-corrected chi connectivity index (χ4v) is 2.55. The smallest absolute Gasteiger partial charge is 0.115 e. The van der Waals surface area contributed by atoms with Crippen molar-refractivity contribution in [3.63, 3.8) is 0 Å². The monoisotopic (exact) mass is 255 g/mol. The predicted molar refractivity (Wildman–Crippen MR) is 79.4 cm³/mol. The van der Waals surface area contributed by atoms with Gasteiger partial charge in [-0.05, 0) is 49.9 Å². The summed E-state index contributed by atoms with van der Waals surface area (Å²) >= 11 is 0. The lowest BCUT2D eigenvalue weighted by atomic mass is 9.97. The third kappa shape index (κ3) is 4.11. The summed E-state index contributed by atoms with van der Waals surface area (Å²) in [5.74, 6) is 0.302. The van der Waals surface area contributed by atoms with Gasteiger partial charge in [0.05, 0.1) is 0 Å². The summed E-state index contributed by atoms with van der Waals surface area (Å²) in [6.07, 6.45) is 1.64. The molecule has 19 heavy (non-hydrogen) atoms. The van der Waals surface area contributed by atoms with Gasteiger partial charge in [0, 0.05) is 6.04 Å². The number of phenolic OH excluding ortho intramolecular Hbond substituents is 1. The van der Waals surface area contributed by atoms with Crippen molar-refractivity contribution >= 4 is 0 Å². The average molecular weight is 255 g/mol. The molecule has 0 saturated carbocycles. The zero-order chi connectivity index (χ0) is 13.8. The van der Waals surface area contributed by atoms with Crippen LogP contribution in [0.2, 0.25) is 0 Å². The van der Waals surface area contributed by atoms with E-state index in [-0.39, 0.29) is 6.04 Å². The Morgan fingerprint density at radius 1 is 0.947 bits per heavy atom. The molecule has 0 bridgehead atoms. The Balaban J connectivity index is 2.03. The summed E-state index contributed by atoms with van der Waals surface area (Å²) in [4.78, 5) is 0. The second-order valence-electron chi connectivity index (χ2n) is 5.33. The number of hydrogen-bond donors (Lipinski definition) is 2. The third-order valence-electron chi connectivity index (χ3n) is 3.19. The number of phenols is 1. The molecule has 2 aromatic rings. The molecule has 2 aromatic carbocycles. The quantitative estimate of drug-likeness (QED) is 0.881. The Hall–Kier alpha value is -1.80. The second kappa shape index (κ2) is 5.89. The maximum absolute atomic E-state index is 9.45. The van der Waals surface area contributed by atoms with Crippen LogP contribution in [0.15, 0.2) is 42.5 Å². The lowest BCUT2D eigenvalue weighted by Crippen LogP contribution is -2.25. The van der Waals surface area contributed by atoms with E-state index >= 15 is 0 Å². The molecule has 2 heteroatoms. The van der Waals surface area contributed by atoms with E-state index in [4.69, 9.17) is 5.73 Å². The molecule has 0 radical (unpaired) electrons. The van der Waals surface area contributed by atoms with E-state index in [1.165, 1.54) is 16.7 Å². The summed E-state index contributed by atoms with van der Waals surface area (Å²) in [5.41, 5.74) is 11.1. The van der Waals surface area contributed by atoms with E-state index in [0.717, 1.165) is 18.4 Å². The van der Waals surface area contributed by atoms with Crippen molar-refractivity contribution in [3.05, 3.63) is 64.7 Å². The normalized spacial score (nSPS) is 12.4. The van der Waals surface area contributed by atoms with E-state index in [9.17, 15) is 5.11 Å². The van der Waals surface area contributed by atoms with Crippen molar-refractivity contribution in [3.8, 4) is 5.75 Å². The SMILES string of the molecule is Cc1cc(C)cc(CC(N)Cc2cccc(O)c2)c1. The topological polar surface area (TPSA) is 46.2 Å². The molecule has 0 aliphatic carbocycles. The fourth-order valence-electron chi connectivity index (χ4n) is 2.55. The molecule has 0 heterocycles. The molecule has 0 aromatic heterocycles. The zero-order valence-corrected chi connectivity index (χ0v) is 11.6. The average Bonchev–Trinajstić information content (AvgIpc) is 2.26. The first-order valence-electron chi connectivity index (χ1n) is 6.63. The summed E-state index contributed by atoms with van der Waals surface area (Å²) in [5, 5.41) is 9.45. The van der Waals surface area contributed by atoms with Gasteiger partial charge in [0.2, 0.25) is 0 Å². The summed E-state index contributed by atoms with van der Waals surface area (Å²) in [6, 6.07) is 13.9. The molecule has 0 fully saturated rings. The summed E-state index contributed by atoms with van der Waals surface area (Å²) < 4.78 is 0. The number of benzene rings is 2. The molecule has 0 aliphatic heterocycles. The molecule has 2 nitrogen and oxygen atoms in total. The number of aromatic hydroxyl groups is 1. The molecule has 1 atom stereocenters. The first-order chi connectivity index (χ1) is 9.02. The van der Waals surface area contributed by atoms with Gasteiger partial charge < -0.3 is 10.8 Å². The van der Waals surface area contributed by atoms with Gasteiger partial charge >= 0.3 is 0 Å². The molecule has 0 aliphatic rings. The molecule has 3 N–H and O–H groups in total. The van der Waals surface area contributed by atoms with Crippen molar-refractivity contribution in [1.82, 2.24) is 0 Å². The standard InChI is InChI=1S/C17H21NO/c1-12-6-13(2)8-15(7-12)10-16(18)9-14-4-3-5-17(19)11-14/h3-8,11,16,19H,9-10,18H2,1-2H3. The Bertz CT molecular complexity index is 543. The van der Waals surface area contributed by atoms with E-state index < -0.39 is 0 Å². The molecular formula is C17H21NO. The molecule has 0 amide bonds. The first kappa shape index (κ1) is 13.6. The zero-order valence-electron chi connectivity index (χ0n) is 11.6. The van der Waals surface area contributed by atoms with Crippen LogP contribution in [0.1, 0.15) is 22.3 Å². The van der Waals surface area contributed by atoms with E-state index in [1.807, 2.05) is 12.1 Å².